The number of rotatable bonds is 2. The molecule has 1 unspecified atom stereocenters. The molecule has 2 atom stereocenters. The number of benzene rings is 1. The monoisotopic (exact) mass is 323 g/mol. The topological polar surface area (TPSA) is 79.2 Å². The van der Waals surface area contributed by atoms with Crippen LogP contribution in [0.4, 0.5) is 4.39 Å². The lowest BCUT2D eigenvalue weighted by Gasteiger charge is -2.32. The van der Waals surface area contributed by atoms with Gasteiger partial charge in [-0.15, -0.1) is 0 Å². The molecule has 0 bridgehead atoms. The molecular weight excluding hydrogens is 305 g/mol. The summed E-state index contributed by atoms with van der Waals surface area (Å²) < 4.78 is 14.4. The molecule has 2 aliphatic rings. The van der Waals surface area contributed by atoms with Crippen molar-refractivity contribution in [1.82, 2.24) is 0 Å². The van der Waals surface area contributed by atoms with Crippen LogP contribution >= 0.6 is 0 Å². The van der Waals surface area contributed by atoms with Gasteiger partial charge in [0.15, 0.2) is 0 Å². The van der Waals surface area contributed by atoms with E-state index in [-0.39, 0.29) is 17.3 Å². The summed E-state index contributed by atoms with van der Waals surface area (Å²) in [5, 5.41) is 8.97. The first-order valence-electron chi connectivity index (χ1n) is 7.84. The molecule has 0 spiro atoms. The number of carbonyl (C=O) groups excluding carboxylic acids is 1. The second kappa shape index (κ2) is 5.72. The van der Waals surface area contributed by atoms with E-state index in [4.69, 9.17) is 11.0 Å². The van der Waals surface area contributed by atoms with Crippen molar-refractivity contribution in [3.8, 4) is 6.07 Å². The molecule has 4 nitrogen and oxygen atoms in total. The first-order valence-corrected chi connectivity index (χ1v) is 7.84. The fraction of sp³-hybridized carbons (Fsp3) is 0.316. The van der Waals surface area contributed by atoms with Crippen molar-refractivity contribution in [1.29, 1.82) is 5.26 Å². The molecule has 3 rings (SSSR count). The summed E-state index contributed by atoms with van der Waals surface area (Å²) in [4.78, 5) is 16.7. The van der Waals surface area contributed by atoms with Crippen molar-refractivity contribution >= 4 is 17.2 Å². The summed E-state index contributed by atoms with van der Waals surface area (Å²) in [6, 6.07) is 6.61. The highest BCUT2D eigenvalue weighted by molar-refractivity contribution is 6.05. The number of aliphatic imine (C=N–C) groups is 1. The van der Waals surface area contributed by atoms with Gasteiger partial charge in [0, 0.05) is 12.0 Å². The largest absolute Gasteiger partial charge is 0.387 e. The number of nitriles is 1. The Morgan fingerprint density at radius 1 is 1.46 bits per heavy atom. The van der Waals surface area contributed by atoms with Gasteiger partial charge in [0.2, 0.25) is 0 Å². The molecule has 1 aromatic carbocycles. The van der Waals surface area contributed by atoms with Crippen LogP contribution < -0.4 is 5.73 Å². The van der Waals surface area contributed by atoms with Crippen molar-refractivity contribution in [2.45, 2.75) is 32.2 Å². The average Bonchev–Trinajstić information content (AvgIpc) is 3.03. The number of hydrogen-bond donors (Lipinski definition) is 1. The third-order valence-corrected chi connectivity index (χ3v) is 4.81. The third-order valence-electron chi connectivity index (χ3n) is 4.81. The van der Waals surface area contributed by atoms with E-state index in [0.29, 0.717) is 29.8 Å². The second-order valence-corrected chi connectivity index (χ2v) is 6.49. The van der Waals surface area contributed by atoms with Crippen molar-refractivity contribution in [3.63, 3.8) is 0 Å². The van der Waals surface area contributed by atoms with Gasteiger partial charge in [0.05, 0.1) is 17.0 Å². The fourth-order valence-electron chi connectivity index (χ4n) is 3.19. The predicted molar refractivity (Wildman–Crippen MR) is 90.6 cm³/mol. The number of nitrogens with two attached hydrogens (primary N) is 1. The Morgan fingerprint density at radius 2 is 2.21 bits per heavy atom. The molecule has 0 fully saturated rings. The van der Waals surface area contributed by atoms with Gasteiger partial charge in [-0.3, -0.25) is 9.79 Å². The zero-order valence-corrected chi connectivity index (χ0v) is 13.6. The average molecular weight is 323 g/mol. The van der Waals surface area contributed by atoms with Crippen molar-refractivity contribution in [2.75, 3.05) is 0 Å². The highest BCUT2D eigenvalue weighted by atomic mass is 19.1. The Labute approximate surface area is 140 Å². The molecule has 1 aliphatic carbocycles. The number of Topliss-reactive ketones (excluding diaryl/α,β-unsaturated/α-hetero) is 1. The minimum atomic E-state index is -0.685. The zero-order valence-electron chi connectivity index (χ0n) is 13.6. The Bertz CT molecular complexity index is 860. The molecule has 24 heavy (non-hydrogen) atoms. The molecule has 0 saturated heterocycles. The minimum Gasteiger partial charge on any atom is -0.387 e. The smallest absolute Gasteiger partial charge is 0.148 e. The molecule has 1 aliphatic heterocycles. The summed E-state index contributed by atoms with van der Waals surface area (Å²) in [6.45, 7) is 3.64. The minimum absolute atomic E-state index is 0.0189. The summed E-state index contributed by atoms with van der Waals surface area (Å²) in [5.74, 6) is -0.458. The summed E-state index contributed by atoms with van der Waals surface area (Å²) in [7, 11) is 0. The van der Waals surface area contributed by atoms with E-state index in [1.54, 1.807) is 19.1 Å². The number of ketones is 1. The SMILES string of the molecule is CC1C(=O)C[C@@](C)(C2=CC(c3cccc(C#N)c3F)=CC2)N=C1N. The van der Waals surface area contributed by atoms with Gasteiger partial charge in [-0.25, -0.2) is 4.39 Å². The molecule has 122 valence electrons. The zero-order chi connectivity index (χ0) is 17.5. The molecule has 0 saturated carbocycles. The lowest BCUT2D eigenvalue weighted by molar-refractivity contribution is -0.121. The first kappa shape index (κ1) is 16.1. The maximum atomic E-state index is 14.4. The van der Waals surface area contributed by atoms with Crippen LogP contribution in [0.25, 0.3) is 5.57 Å². The molecular formula is C19H18FN3O. The number of nitrogens with zero attached hydrogens (tertiary/aromatic N) is 2. The van der Waals surface area contributed by atoms with Gasteiger partial charge in [-0.05, 0) is 37.5 Å². The first-order chi connectivity index (χ1) is 11.4. The van der Waals surface area contributed by atoms with Gasteiger partial charge in [0.25, 0.3) is 0 Å². The summed E-state index contributed by atoms with van der Waals surface area (Å²) >= 11 is 0. The highest BCUT2D eigenvalue weighted by Gasteiger charge is 2.39. The van der Waals surface area contributed by atoms with E-state index >= 15 is 0 Å². The lowest BCUT2D eigenvalue weighted by atomic mass is 9.80. The van der Waals surface area contributed by atoms with Crippen molar-refractivity contribution in [3.05, 3.63) is 52.9 Å². The van der Waals surface area contributed by atoms with E-state index < -0.39 is 11.4 Å². The highest BCUT2D eigenvalue weighted by Crippen LogP contribution is 2.39. The van der Waals surface area contributed by atoms with Crippen LogP contribution in [0.15, 0.2) is 40.9 Å². The van der Waals surface area contributed by atoms with Crippen LogP contribution in [-0.2, 0) is 4.79 Å². The van der Waals surface area contributed by atoms with Crippen LogP contribution in [0.2, 0.25) is 0 Å². The lowest BCUT2D eigenvalue weighted by Crippen LogP contribution is -2.42. The third kappa shape index (κ3) is 2.54. The van der Waals surface area contributed by atoms with Gasteiger partial charge in [-0.1, -0.05) is 24.3 Å². The van der Waals surface area contributed by atoms with E-state index in [9.17, 15) is 9.18 Å². The molecule has 0 radical (unpaired) electrons. The second-order valence-electron chi connectivity index (χ2n) is 6.49. The Morgan fingerprint density at radius 3 is 2.88 bits per heavy atom. The predicted octanol–water partition coefficient (Wildman–Crippen LogP) is 3.14. The number of carbonyl (C=O) groups is 1. The molecule has 1 aromatic rings. The number of hydrogen-bond acceptors (Lipinski definition) is 4. The maximum Gasteiger partial charge on any atom is 0.148 e. The molecule has 0 amide bonds. The van der Waals surface area contributed by atoms with Gasteiger partial charge in [-0.2, -0.15) is 5.26 Å². The number of halogens is 1. The molecule has 0 aromatic heterocycles. The maximum absolute atomic E-state index is 14.4. The van der Waals surface area contributed by atoms with Crippen LogP contribution in [0, 0.1) is 23.1 Å². The quantitative estimate of drug-likeness (QED) is 0.908. The van der Waals surface area contributed by atoms with Crippen molar-refractivity contribution in [2.24, 2.45) is 16.6 Å². The van der Waals surface area contributed by atoms with Crippen LogP contribution in [0.5, 0.6) is 0 Å². The van der Waals surface area contributed by atoms with E-state index in [1.807, 2.05) is 25.1 Å². The van der Waals surface area contributed by atoms with Crippen LogP contribution in [0.3, 0.4) is 0 Å². The molecule has 5 heteroatoms. The normalized spacial score (nSPS) is 26.5. The molecule has 1 heterocycles. The van der Waals surface area contributed by atoms with Gasteiger partial charge >= 0.3 is 0 Å². The van der Waals surface area contributed by atoms with Crippen molar-refractivity contribution < 1.29 is 9.18 Å². The van der Waals surface area contributed by atoms with E-state index in [1.165, 1.54) is 6.07 Å². The Balaban J connectivity index is 1.97. The fourth-order valence-corrected chi connectivity index (χ4v) is 3.19. The van der Waals surface area contributed by atoms with Gasteiger partial charge < -0.3 is 5.73 Å². The standard InChI is InChI=1S/C19H18FN3O/c1-11-16(24)9-19(2,23-18(11)22)14-7-6-12(8-14)15-5-3-4-13(10-21)17(15)20/h3-6,8,11H,7,9H2,1-2H3,(H2,22,23)/t11?,19-/m0/s1. The summed E-state index contributed by atoms with van der Waals surface area (Å²) in [6.07, 6.45) is 4.64. The Kier molecular flexibility index (Phi) is 3.84. The van der Waals surface area contributed by atoms with E-state index in [0.717, 1.165) is 5.57 Å². The van der Waals surface area contributed by atoms with Gasteiger partial charge in [0.1, 0.15) is 23.5 Å². The van der Waals surface area contributed by atoms with Crippen LogP contribution in [0.1, 0.15) is 37.8 Å². The van der Waals surface area contributed by atoms with E-state index in [2.05, 4.69) is 4.99 Å². The van der Waals surface area contributed by atoms with Crippen LogP contribution in [-0.4, -0.2) is 17.2 Å². The number of amidine groups is 1. The number of allylic oxidation sites excluding steroid dienone is 3. The Hall–Kier alpha value is -2.74. The summed E-state index contributed by atoms with van der Waals surface area (Å²) in [5.41, 5.74) is 7.27. The molecule has 2 N–H and O–H groups in total.